The van der Waals surface area contributed by atoms with Gasteiger partial charge in [0.25, 0.3) is 5.91 Å². The van der Waals surface area contributed by atoms with Gasteiger partial charge in [0.05, 0.1) is 22.4 Å². The fourth-order valence-electron chi connectivity index (χ4n) is 4.16. The molecule has 1 saturated heterocycles. The summed E-state index contributed by atoms with van der Waals surface area (Å²) < 4.78 is 0. The highest BCUT2D eigenvalue weighted by Crippen LogP contribution is 2.31. The topological polar surface area (TPSA) is 49.3 Å². The highest BCUT2D eigenvalue weighted by Gasteiger charge is 2.37. The third-order valence-electron chi connectivity index (χ3n) is 6.07. The van der Waals surface area contributed by atoms with Crippen LogP contribution >= 0.6 is 0 Å². The number of benzene rings is 2. The standard InChI is InChI=1S/C24H28N4O/c1-15-6-8-18(9-7-15)20-13-28(14-23(20)27(4)5)24(29)19-10-11-21-22(12-19)26-17(3)16(2)25-21/h6-12,20,23H,13-14H2,1-5H3/t20-,23+/m1/s1. The van der Waals surface area contributed by atoms with Crippen LogP contribution in [0.3, 0.4) is 0 Å². The highest BCUT2D eigenvalue weighted by atomic mass is 16.2. The van der Waals surface area contributed by atoms with Crippen LogP contribution in [0.1, 0.15) is 38.8 Å². The van der Waals surface area contributed by atoms with Gasteiger partial charge >= 0.3 is 0 Å². The van der Waals surface area contributed by atoms with Gasteiger partial charge in [-0.15, -0.1) is 0 Å². The number of hydrogen-bond donors (Lipinski definition) is 0. The zero-order valence-electron chi connectivity index (χ0n) is 17.8. The fraction of sp³-hybridized carbons (Fsp3) is 0.375. The summed E-state index contributed by atoms with van der Waals surface area (Å²) >= 11 is 0. The minimum absolute atomic E-state index is 0.0633. The lowest BCUT2D eigenvalue weighted by Gasteiger charge is -2.25. The van der Waals surface area contributed by atoms with Crippen LogP contribution < -0.4 is 0 Å². The number of carbonyl (C=O) groups excluding carboxylic acids is 1. The van der Waals surface area contributed by atoms with E-state index in [0.29, 0.717) is 17.5 Å². The van der Waals surface area contributed by atoms with Crippen LogP contribution in [0.5, 0.6) is 0 Å². The third-order valence-corrected chi connectivity index (χ3v) is 6.07. The molecule has 5 heteroatoms. The monoisotopic (exact) mass is 388 g/mol. The molecule has 29 heavy (non-hydrogen) atoms. The molecule has 4 rings (SSSR count). The second kappa shape index (κ2) is 7.56. The molecule has 0 N–H and O–H groups in total. The molecule has 150 valence electrons. The maximum absolute atomic E-state index is 13.3. The van der Waals surface area contributed by atoms with E-state index in [9.17, 15) is 4.79 Å². The predicted molar refractivity (Wildman–Crippen MR) is 116 cm³/mol. The van der Waals surface area contributed by atoms with E-state index in [2.05, 4.69) is 60.2 Å². The Morgan fingerprint density at radius 3 is 2.24 bits per heavy atom. The Balaban J connectivity index is 1.62. The summed E-state index contributed by atoms with van der Waals surface area (Å²) in [6.07, 6.45) is 0. The summed E-state index contributed by atoms with van der Waals surface area (Å²) in [5.41, 5.74) is 6.65. The molecule has 3 aromatic rings. The van der Waals surface area contributed by atoms with E-state index in [1.165, 1.54) is 11.1 Å². The Bertz CT molecular complexity index is 1060. The number of aromatic nitrogens is 2. The lowest BCUT2D eigenvalue weighted by molar-refractivity contribution is 0.0782. The predicted octanol–water partition coefficient (Wildman–Crippen LogP) is 3.72. The van der Waals surface area contributed by atoms with E-state index in [4.69, 9.17) is 0 Å². The molecule has 0 unspecified atom stereocenters. The zero-order chi connectivity index (χ0) is 20.7. The molecule has 0 aliphatic carbocycles. The minimum Gasteiger partial charge on any atom is -0.336 e. The van der Waals surface area contributed by atoms with Gasteiger partial charge in [0.1, 0.15) is 0 Å². The summed E-state index contributed by atoms with van der Waals surface area (Å²) in [6, 6.07) is 14.6. The zero-order valence-corrected chi connectivity index (χ0v) is 17.8. The Kier molecular flexibility index (Phi) is 5.09. The molecule has 1 fully saturated rings. The first-order chi connectivity index (χ1) is 13.8. The van der Waals surface area contributed by atoms with Crippen LogP contribution in [0.4, 0.5) is 0 Å². The van der Waals surface area contributed by atoms with Crippen molar-refractivity contribution in [3.8, 4) is 0 Å². The van der Waals surface area contributed by atoms with Gasteiger partial charge in [-0.25, -0.2) is 9.97 Å². The summed E-state index contributed by atoms with van der Waals surface area (Å²) in [7, 11) is 4.19. The molecule has 2 heterocycles. The maximum atomic E-state index is 13.3. The molecule has 2 aromatic carbocycles. The van der Waals surface area contributed by atoms with Crippen LogP contribution in [0.2, 0.25) is 0 Å². The van der Waals surface area contributed by atoms with E-state index < -0.39 is 0 Å². The van der Waals surface area contributed by atoms with E-state index in [1.807, 2.05) is 36.9 Å². The summed E-state index contributed by atoms with van der Waals surface area (Å²) in [6.45, 7) is 7.45. The van der Waals surface area contributed by atoms with Crippen molar-refractivity contribution in [2.24, 2.45) is 0 Å². The van der Waals surface area contributed by atoms with Gasteiger partial charge in [-0.3, -0.25) is 4.79 Å². The van der Waals surface area contributed by atoms with Gasteiger partial charge < -0.3 is 9.80 Å². The average Bonchev–Trinajstić information content (AvgIpc) is 3.14. The number of hydrogen-bond acceptors (Lipinski definition) is 4. The van der Waals surface area contributed by atoms with Gasteiger partial charge in [0.15, 0.2) is 0 Å². The Morgan fingerprint density at radius 1 is 0.931 bits per heavy atom. The first-order valence-corrected chi connectivity index (χ1v) is 10.1. The largest absolute Gasteiger partial charge is 0.336 e. The van der Waals surface area contributed by atoms with Gasteiger partial charge in [0.2, 0.25) is 0 Å². The number of aryl methyl sites for hydroxylation is 3. The smallest absolute Gasteiger partial charge is 0.254 e. The maximum Gasteiger partial charge on any atom is 0.254 e. The summed E-state index contributed by atoms with van der Waals surface area (Å²) in [5.74, 6) is 0.369. The lowest BCUT2D eigenvalue weighted by atomic mass is 9.93. The Hall–Kier alpha value is -2.79. The molecule has 1 aliphatic rings. The van der Waals surface area contributed by atoms with E-state index in [-0.39, 0.29) is 5.91 Å². The van der Waals surface area contributed by atoms with Crippen molar-refractivity contribution in [2.45, 2.75) is 32.7 Å². The number of fused-ring (bicyclic) bond motifs is 1. The van der Waals surface area contributed by atoms with Gasteiger partial charge in [0, 0.05) is 30.6 Å². The van der Waals surface area contributed by atoms with Crippen molar-refractivity contribution in [2.75, 3.05) is 27.2 Å². The van der Waals surface area contributed by atoms with Crippen molar-refractivity contribution in [3.63, 3.8) is 0 Å². The Labute approximate surface area is 172 Å². The van der Waals surface area contributed by atoms with Crippen molar-refractivity contribution in [3.05, 3.63) is 70.5 Å². The van der Waals surface area contributed by atoms with Crippen molar-refractivity contribution < 1.29 is 4.79 Å². The highest BCUT2D eigenvalue weighted by molar-refractivity contribution is 5.97. The average molecular weight is 389 g/mol. The van der Waals surface area contributed by atoms with Gasteiger partial charge in [-0.2, -0.15) is 0 Å². The third kappa shape index (κ3) is 3.75. The van der Waals surface area contributed by atoms with Crippen molar-refractivity contribution >= 4 is 16.9 Å². The summed E-state index contributed by atoms with van der Waals surface area (Å²) in [4.78, 5) is 26.7. The minimum atomic E-state index is 0.0633. The van der Waals surface area contributed by atoms with Crippen LogP contribution in [-0.2, 0) is 0 Å². The van der Waals surface area contributed by atoms with E-state index in [1.54, 1.807) is 0 Å². The molecule has 0 radical (unpaired) electrons. The first kappa shape index (κ1) is 19.5. The SMILES string of the molecule is Cc1ccc([C@H]2CN(C(=O)c3ccc4nc(C)c(C)nc4c3)C[C@@H]2N(C)C)cc1. The molecule has 2 atom stereocenters. The second-order valence-electron chi connectivity index (χ2n) is 8.36. The normalized spacial score (nSPS) is 19.3. The van der Waals surface area contributed by atoms with Gasteiger partial charge in [-0.05, 0) is 58.6 Å². The quantitative estimate of drug-likeness (QED) is 0.686. The number of nitrogens with zero attached hydrogens (tertiary/aromatic N) is 4. The molecular weight excluding hydrogens is 360 g/mol. The van der Waals surface area contributed by atoms with Crippen LogP contribution in [-0.4, -0.2) is 58.9 Å². The number of amides is 1. The molecule has 0 spiro atoms. The van der Waals surface area contributed by atoms with E-state index in [0.717, 1.165) is 35.5 Å². The molecule has 1 aliphatic heterocycles. The van der Waals surface area contributed by atoms with Crippen LogP contribution in [0.15, 0.2) is 42.5 Å². The van der Waals surface area contributed by atoms with Crippen LogP contribution in [0.25, 0.3) is 11.0 Å². The molecule has 0 bridgehead atoms. The summed E-state index contributed by atoms with van der Waals surface area (Å²) in [5, 5.41) is 0. The van der Waals surface area contributed by atoms with Gasteiger partial charge in [-0.1, -0.05) is 29.8 Å². The van der Waals surface area contributed by atoms with Crippen molar-refractivity contribution in [1.82, 2.24) is 19.8 Å². The lowest BCUT2D eigenvalue weighted by Crippen LogP contribution is -2.35. The Morgan fingerprint density at radius 2 is 1.59 bits per heavy atom. The molecule has 0 saturated carbocycles. The second-order valence-corrected chi connectivity index (χ2v) is 8.36. The molecule has 5 nitrogen and oxygen atoms in total. The first-order valence-electron chi connectivity index (χ1n) is 10.1. The van der Waals surface area contributed by atoms with E-state index >= 15 is 0 Å². The van der Waals surface area contributed by atoms with Crippen molar-refractivity contribution in [1.29, 1.82) is 0 Å². The van der Waals surface area contributed by atoms with Crippen LogP contribution in [0, 0.1) is 20.8 Å². The number of likely N-dealkylation sites (tertiary alicyclic amines) is 1. The number of carbonyl (C=O) groups is 1. The number of likely N-dealkylation sites (N-methyl/N-ethyl adjacent to an activating group) is 1. The number of rotatable bonds is 3. The molecular formula is C24H28N4O. The molecule has 1 amide bonds. The fourth-order valence-corrected chi connectivity index (χ4v) is 4.16. The molecule has 1 aromatic heterocycles.